The second-order valence-corrected chi connectivity index (χ2v) is 2.32. The lowest BCUT2D eigenvalue weighted by Crippen LogP contribution is -1.96. The van der Waals surface area contributed by atoms with E-state index < -0.39 is 0 Å². The lowest BCUT2D eigenvalue weighted by atomic mass is 10.4. The van der Waals surface area contributed by atoms with E-state index in [4.69, 9.17) is 5.73 Å². The van der Waals surface area contributed by atoms with E-state index in [2.05, 4.69) is 15.2 Å². The van der Waals surface area contributed by atoms with E-state index in [9.17, 15) is 0 Å². The zero-order valence-corrected chi connectivity index (χ0v) is 6.02. The van der Waals surface area contributed by atoms with Gasteiger partial charge in [-0.2, -0.15) is 5.10 Å². The van der Waals surface area contributed by atoms with Crippen molar-refractivity contribution < 1.29 is 0 Å². The van der Waals surface area contributed by atoms with Crippen LogP contribution in [-0.2, 0) is 7.05 Å². The van der Waals surface area contributed by atoms with Crippen molar-refractivity contribution in [2.75, 3.05) is 5.73 Å². The van der Waals surface area contributed by atoms with Crippen molar-refractivity contribution in [2.45, 2.75) is 0 Å². The molecule has 0 fully saturated rings. The van der Waals surface area contributed by atoms with Crippen molar-refractivity contribution in [1.29, 1.82) is 0 Å². The van der Waals surface area contributed by atoms with E-state index in [0.717, 1.165) is 11.0 Å². The molecule has 0 aliphatic heterocycles. The molecule has 56 valence electrons. The summed E-state index contributed by atoms with van der Waals surface area (Å²) in [7, 11) is 1.87. The molecule has 0 aromatic carbocycles. The van der Waals surface area contributed by atoms with Gasteiger partial charge in [-0.15, -0.1) is 5.10 Å². The van der Waals surface area contributed by atoms with E-state index >= 15 is 0 Å². The summed E-state index contributed by atoms with van der Waals surface area (Å²) in [5.74, 6) is 0.419. The van der Waals surface area contributed by atoms with Crippen LogP contribution in [0.4, 0.5) is 5.82 Å². The van der Waals surface area contributed by atoms with E-state index in [-0.39, 0.29) is 0 Å². The minimum Gasteiger partial charge on any atom is -0.380 e. The quantitative estimate of drug-likeness (QED) is 0.570. The monoisotopic (exact) mass is 149 g/mol. The topological polar surface area (TPSA) is 69.6 Å². The molecule has 0 aliphatic rings. The number of hydrogen-bond donors (Lipinski definition) is 1. The Morgan fingerprint density at radius 1 is 1.55 bits per heavy atom. The van der Waals surface area contributed by atoms with Gasteiger partial charge in [-0.3, -0.25) is 0 Å². The second kappa shape index (κ2) is 1.91. The Labute approximate surface area is 62.9 Å². The molecule has 0 saturated carbocycles. The summed E-state index contributed by atoms with van der Waals surface area (Å²) >= 11 is 0. The molecular formula is C6H7N5. The molecule has 0 saturated heterocycles. The molecule has 0 bridgehead atoms. The molecule has 11 heavy (non-hydrogen) atoms. The summed E-state index contributed by atoms with van der Waals surface area (Å²) in [6, 6.07) is 0. The zero-order chi connectivity index (χ0) is 7.84. The predicted octanol–water partition coefficient (Wildman–Crippen LogP) is -0.0545. The molecule has 2 aromatic heterocycles. The van der Waals surface area contributed by atoms with Crippen LogP contribution in [0.2, 0.25) is 0 Å². The Morgan fingerprint density at radius 3 is 3.09 bits per heavy atom. The molecule has 0 radical (unpaired) electrons. The van der Waals surface area contributed by atoms with Gasteiger partial charge in [0, 0.05) is 7.05 Å². The maximum Gasteiger partial charge on any atom is 0.172 e. The highest BCUT2D eigenvalue weighted by Gasteiger charge is 2.03. The highest BCUT2D eigenvalue weighted by atomic mass is 15.2. The third-order valence-corrected chi connectivity index (χ3v) is 1.55. The van der Waals surface area contributed by atoms with Crippen LogP contribution >= 0.6 is 0 Å². The number of nitrogens with two attached hydrogens (primary N) is 1. The highest BCUT2D eigenvalue weighted by molar-refractivity contribution is 5.83. The highest BCUT2D eigenvalue weighted by Crippen LogP contribution is 2.13. The number of rotatable bonds is 0. The summed E-state index contributed by atoms with van der Waals surface area (Å²) in [5, 5.41) is 7.38. The zero-order valence-electron chi connectivity index (χ0n) is 6.02. The Kier molecular flexibility index (Phi) is 1.06. The lowest BCUT2D eigenvalue weighted by Gasteiger charge is -1.94. The summed E-state index contributed by atoms with van der Waals surface area (Å²) in [6.45, 7) is 0. The molecule has 2 N–H and O–H groups in total. The first-order valence-corrected chi connectivity index (χ1v) is 3.17. The van der Waals surface area contributed by atoms with Gasteiger partial charge in [0.25, 0.3) is 0 Å². The van der Waals surface area contributed by atoms with E-state index in [0.29, 0.717) is 5.82 Å². The fourth-order valence-electron chi connectivity index (χ4n) is 1.05. The van der Waals surface area contributed by atoms with Crippen molar-refractivity contribution in [3.8, 4) is 0 Å². The summed E-state index contributed by atoms with van der Waals surface area (Å²) in [5.41, 5.74) is 7.18. The van der Waals surface area contributed by atoms with Gasteiger partial charge in [-0.25, -0.2) is 4.98 Å². The van der Waals surface area contributed by atoms with Gasteiger partial charge in [0.1, 0.15) is 11.0 Å². The molecule has 0 unspecified atom stereocenters. The predicted molar refractivity (Wildman–Crippen MR) is 40.7 cm³/mol. The minimum absolute atomic E-state index is 0.419. The SMILES string of the molecule is Cn1cnc2cnnc(N)c21. The average molecular weight is 149 g/mol. The Hall–Kier alpha value is -1.65. The third-order valence-electron chi connectivity index (χ3n) is 1.55. The minimum atomic E-state index is 0.419. The summed E-state index contributed by atoms with van der Waals surface area (Å²) in [6.07, 6.45) is 3.27. The van der Waals surface area contributed by atoms with E-state index in [1.54, 1.807) is 12.5 Å². The van der Waals surface area contributed by atoms with Crippen molar-refractivity contribution in [1.82, 2.24) is 19.7 Å². The van der Waals surface area contributed by atoms with Crippen LogP contribution in [0.25, 0.3) is 11.0 Å². The van der Waals surface area contributed by atoms with Crippen LogP contribution in [0, 0.1) is 0 Å². The molecule has 5 nitrogen and oxygen atoms in total. The van der Waals surface area contributed by atoms with Gasteiger partial charge in [-0.05, 0) is 0 Å². The molecule has 0 amide bonds. The van der Waals surface area contributed by atoms with Crippen molar-refractivity contribution in [2.24, 2.45) is 7.05 Å². The van der Waals surface area contributed by atoms with E-state index in [1.807, 2.05) is 11.6 Å². The molecule has 0 aliphatic carbocycles. The largest absolute Gasteiger partial charge is 0.380 e. The van der Waals surface area contributed by atoms with Crippen molar-refractivity contribution in [3.63, 3.8) is 0 Å². The number of imidazole rings is 1. The number of hydrogen-bond acceptors (Lipinski definition) is 4. The fraction of sp³-hybridized carbons (Fsp3) is 0.167. The number of aryl methyl sites for hydroxylation is 1. The second-order valence-electron chi connectivity index (χ2n) is 2.32. The molecular weight excluding hydrogens is 142 g/mol. The van der Waals surface area contributed by atoms with Gasteiger partial charge in [0.05, 0.1) is 12.5 Å². The molecule has 2 rings (SSSR count). The fourth-order valence-corrected chi connectivity index (χ4v) is 1.05. The Bertz CT molecular complexity index is 391. The first-order valence-electron chi connectivity index (χ1n) is 3.17. The smallest absolute Gasteiger partial charge is 0.172 e. The Balaban J connectivity index is 2.96. The van der Waals surface area contributed by atoms with Crippen LogP contribution in [-0.4, -0.2) is 19.7 Å². The van der Waals surface area contributed by atoms with Crippen molar-refractivity contribution >= 4 is 16.9 Å². The normalized spacial score (nSPS) is 10.6. The standard InChI is InChI=1S/C6H7N5/c1-11-3-8-4-2-9-10-6(7)5(4)11/h2-3H,1H3,(H2,7,10). The van der Waals surface area contributed by atoms with E-state index in [1.165, 1.54) is 0 Å². The van der Waals surface area contributed by atoms with Gasteiger partial charge in [0.2, 0.25) is 0 Å². The number of aromatic nitrogens is 4. The maximum atomic E-state index is 5.57. The first-order chi connectivity index (χ1) is 5.29. The average Bonchev–Trinajstić information content (AvgIpc) is 2.34. The maximum absolute atomic E-state index is 5.57. The number of fused-ring (bicyclic) bond motifs is 1. The lowest BCUT2D eigenvalue weighted by molar-refractivity contribution is 0.941. The molecule has 2 heterocycles. The summed E-state index contributed by atoms with van der Waals surface area (Å²) < 4.78 is 1.82. The Morgan fingerprint density at radius 2 is 2.36 bits per heavy atom. The molecule has 0 atom stereocenters. The third kappa shape index (κ3) is 0.739. The first kappa shape index (κ1) is 6.09. The van der Waals surface area contributed by atoms with Gasteiger partial charge in [0.15, 0.2) is 5.82 Å². The van der Waals surface area contributed by atoms with Gasteiger partial charge < -0.3 is 10.3 Å². The van der Waals surface area contributed by atoms with Gasteiger partial charge >= 0.3 is 0 Å². The number of anilines is 1. The molecule has 5 heteroatoms. The molecule has 2 aromatic rings. The van der Waals surface area contributed by atoms with Crippen LogP contribution in [0.1, 0.15) is 0 Å². The van der Waals surface area contributed by atoms with Crippen LogP contribution in [0.5, 0.6) is 0 Å². The number of nitrogens with zero attached hydrogens (tertiary/aromatic N) is 4. The van der Waals surface area contributed by atoms with Crippen LogP contribution in [0.15, 0.2) is 12.5 Å². The number of nitrogen functional groups attached to an aromatic ring is 1. The van der Waals surface area contributed by atoms with Crippen molar-refractivity contribution in [3.05, 3.63) is 12.5 Å². The van der Waals surface area contributed by atoms with Crippen LogP contribution < -0.4 is 5.73 Å². The van der Waals surface area contributed by atoms with Crippen LogP contribution in [0.3, 0.4) is 0 Å². The summed E-state index contributed by atoms with van der Waals surface area (Å²) in [4.78, 5) is 4.06. The molecule has 0 spiro atoms. The van der Waals surface area contributed by atoms with Gasteiger partial charge in [-0.1, -0.05) is 0 Å².